The van der Waals surface area contributed by atoms with Gasteiger partial charge in [0, 0.05) is 41.6 Å². The lowest BCUT2D eigenvalue weighted by atomic mass is 9.96. The molecule has 7 nitrogen and oxygen atoms in total. The molecule has 30 heavy (non-hydrogen) atoms. The van der Waals surface area contributed by atoms with Crippen LogP contribution in [0, 0.1) is 0 Å². The van der Waals surface area contributed by atoms with E-state index in [0.717, 1.165) is 17.4 Å². The minimum absolute atomic E-state index is 0.0996. The number of Topliss-reactive ketones (excluding diaryl/α,β-unsaturated/α-hetero) is 1. The van der Waals surface area contributed by atoms with Crippen LogP contribution in [0.15, 0.2) is 60.6 Å². The summed E-state index contributed by atoms with van der Waals surface area (Å²) in [4.78, 5) is 36.8. The molecule has 2 aromatic heterocycles. The van der Waals surface area contributed by atoms with Gasteiger partial charge in [0.15, 0.2) is 0 Å². The summed E-state index contributed by atoms with van der Waals surface area (Å²) in [5, 5.41) is 12.0. The van der Waals surface area contributed by atoms with Crippen molar-refractivity contribution in [2.75, 3.05) is 27.2 Å². The molecular weight excluding hydrogens is 380 g/mol. The number of carbonyl (C=O) groups is 2. The van der Waals surface area contributed by atoms with Crippen molar-refractivity contribution in [3.8, 4) is 0 Å². The molecule has 1 atom stereocenters. The number of pyridine rings is 1. The topological polar surface area (TPSA) is 89.5 Å². The second kappa shape index (κ2) is 8.12. The number of aromatic amines is 1. The number of aliphatic hydroxyl groups excluding tert-OH is 1. The van der Waals surface area contributed by atoms with Crippen LogP contribution in [0.5, 0.6) is 0 Å². The first-order valence-electron chi connectivity index (χ1n) is 9.88. The Balaban J connectivity index is 1.83. The zero-order chi connectivity index (χ0) is 21.3. The van der Waals surface area contributed by atoms with Crippen molar-refractivity contribution < 1.29 is 14.7 Å². The molecule has 1 amide bonds. The van der Waals surface area contributed by atoms with E-state index >= 15 is 0 Å². The van der Waals surface area contributed by atoms with E-state index in [1.807, 2.05) is 49.3 Å². The quantitative estimate of drug-likeness (QED) is 0.375. The van der Waals surface area contributed by atoms with Crippen molar-refractivity contribution in [3.05, 3.63) is 71.7 Å². The predicted octanol–water partition coefficient (Wildman–Crippen LogP) is 2.94. The molecular formula is C23H24N4O3. The maximum Gasteiger partial charge on any atom is 0.295 e. The highest BCUT2D eigenvalue weighted by Crippen LogP contribution is 2.40. The van der Waals surface area contributed by atoms with E-state index in [9.17, 15) is 14.7 Å². The summed E-state index contributed by atoms with van der Waals surface area (Å²) in [6.07, 6.45) is 5.66. The number of aromatic nitrogens is 2. The van der Waals surface area contributed by atoms with E-state index in [2.05, 4.69) is 9.97 Å². The van der Waals surface area contributed by atoms with Crippen LogP contribution in [0.2, 0.25) is 0 Å². The fraction of sp³-hybridized carbons (Fsp3) is 0.261. The number of aliphatic hydroxyl groups is 1. The number of likely N-dealkylation sites (tertiary alicyclic amines) is 1. The number of para-hydroxylation sites is 1. The summed E-state index contributed by atoms with van der Waals surface area (Å²) >= 11 is 0. The summed E-state index contributed by atoms with van der Waals surface area (Å²) in [5.41, 5.74) is 2.15. The van der Waals surface area contributed by atoms with Crippen LogP contribution in [-0.4, -0.2) is 63.7 Å². The minimum atomic E-state index is -0.672. The van der Waals surface area contributed by atoms with Crippen LogP contribution in [0.4, 0.5) is 0 Å². The standard InChI is InChI=1S/C23H24N4O3/c1-26(2)11-6-12-27-20(15-7-5-10-24-13-15)19(22(29)23(27)30)21(28)17-14-25-18-9-4-3-8-16(17)18/h3-5,7-10,13-14,20,25,28H,6,11-12H2,1-2H3/t20-/m1/s1. The van der Waals surface area contributed by atoms with Crippen LogP contribution in [0.25, 0.3) is 16.7 Å². The average Bonchev–Trinajstić information content (AvgIpc) is 3.28. The van der Waals surface area contributed by atoms with E-state index in [0.29, 0.717) is 24.1 Å². The Morgan fingerprint density at radius 3 is 2.73 bits per heavy atom. The maximum absolute atomic E-state index is 13.0. The van der Waals surface area contributed by atoms with Gasteiger partial charge >= 0.3 is 0 Å². The third kappa shape index (κ3) is 3.48. The number of benzene rings is 1. The van der Waals surface area contributed by atoms with E-state index in [1.54, 1.807) is 29.6 Å². The van der Waals surface area contributed by atoms with Gasteiger partial charge in [0.1, 0.15) is 5.76 Å². The third-order valence-electron chi connectivity index (χ3n) is 5.39. The Kier molecular flexibility index (Phi) is 5.37. The fourth-order valence-electron chi connectivity index (χ4n) is 3.96. The van der Waals surface area contributed by atoms with E-state index in [1.165, 1.54) is 0 Å². The lowest BCUT2D eigenvalue weighted by Crippen LogP contribution is -2.32. The molecule has 3 aromatic rings. The molecule has 154 valence electrons. The molecule has 1 saturated heterocycles. The first kappa shape index (κ1) is 19.8. The molecule has 1 fully saturated rings. The van der Waals surface area contributed by atoms with E-state index < -0.39 is 17.7 Å². The molecule has 0 unspecified atom stereocenters. The number of nitrogens with zero attached hydrogens (tertiary/aromatic N) is 3. The number of ketones is 1. The van der Waals surface area contributed by atoms with Crippen molar-refractivity contribution in [3.63, 3.8) is 0 Å². The molecule has 1 aliphatic heterocycles. The number of hydrogen-bond donors (Lipinski definition) is 2. The Hall–Kier alpha value is -3.45. The van der Waals surface area contributed by atoms with Gasteiger partial charge in [0.25, 0.3) is 11.7 Å². The molecule has 0 aliphatic carbocycles. The summed E-state index contributed by atoms with van der Waals surface area (Å²) in [5.74, 6) is -1.43. The smallest absolute Gasteiger partial charge is 0.295 e. The second-order valence-corrected chi connectivity index (χ2v) is 7.68. The van der Waals surface area contributed by atoms with Crippen LogP contribution in [-0.2, 0) is 9.59 Å². The number of hydrogen-bond acceptors (Lipinski definition) is 5. The third-order valence-corrected chi connectivity index (χ3v) is 5.39. The van der Waals surface area contributed by atoms with Crippen LogP contribution >= 0.6 is 0 Å². The van der Waals surface area contributed by atoms with Crippen LogP contribution in [0.1, 0.15) is 23.6 Å². The summed E-state index contributed by atoms with van der Waals surface area (Å²) in [7, 11) is 3.92. The lowest BCUT2D eigenvalue weighted by Gasteiger charge is -2.25. The van der Waals surface area contributed by atoms with Gasteiger partial charge in [-0.2, -0.15) is 0 Å². The molecule has 0 spiro atoms. The van der Waals surface area contributed by atoms with Crippen molar-refractivity contribution in [1.82, 2.24) is 19.8 Å². The van der Waals surface area contributed by atoms with Gasteiger partial charge < -0.3 is 19.9 Å². The highest BCUT2D eigenvalue weighted by Gasteiger charge is 2.46. The Labute approximate surface area is 174 Å². The largest absolute Gasteiger partial charge is 0.507 e. The van der Waals surface area contributed by atoms with Gasteiger partial charge in [0.05, 0.1) is 11.6 Å². The molecule has 1 aliphatic rings. The van der Waals surface area contributed by atoms with Gasteiger partial charge in [-0.15, -0.1) is 0 Å². The van der Waals surface area contributed by atoms with E-state index in [-0.39, 0.29) is 11.3 Å². The zero-order valence-corrected chi connectivity index (χ0v) is 17.0. The molecule has 2 N–H and O–H groups in total. The fourth-order valence-corrected chi connectivity index (χ4v) is 3.96. The highest BCUT2D eigenvalue weighted by molar-refractivity contribution is 6.46. The van der Waals surface area contributed by atoms with Crippen molar-refractivity contribution >= 4 is 28.4 Å². The minimum Gasteiger partial charge on any atom is -0.507 e. The van der Waals surface area contributed by atoms with Crippen molar-refractivity contribution in [2.24, 2.45) is 0 Å². The van der Waals surface area contributed by atoms with Gasteiger partial charge in [-0.1, -0.05) is 24.3 Å². The van der Waals surface area contributed by atoms with Crippen molar-refractivity contribution in [2.45, 2.75) is 12.5 Å². The van der Waals surface area contributed by atoms with Gasteiger partial charge in [-0.25, -0.2) is 0 Å². The molecule has 0 radical (unpaired) electrons. The summed E-state index contributed by atoms with van der Waals surface area (Å²) in [6, 6.07) is 10.4. The summed E-state index contributed by atoms with van der Waals surface area (Å²) < 4.78 is 0. The van der Waals surface area contributed by atoms with Gasteiger partial charge in [0.2, 0.25) is 0 Å². The Morgan fingerprint density at radius 1 is 1.20 bits per heavy atom. The number of fused-ring (bicyclic) bond motifs is 1. The van der Waals surface area contributed by atoms with Gasteiger partial charge in [-0.05, 0) is 44.8 Å². The van der Waals surface area contributed by atoms with E-state index in [4.69, 9.17) is 0 Å². The zero-order valence-electron chi connectivity index (χ0n) is 17.0. The predicted molar refractivity (Wildman–Crippen MR) is 115 cm³/mol. The number of carbonyl (C=O) groups excluding carboxylic acids is 2. The number of nitrogens with one attached hydrogen (secondary N) is 1. The monoisotopic (exact) mass is 404 g/mol. The van der Waals surface area contributed by atoms with Crippen LogP contribution in [0.3, 0.4) is 0 Å². The number of H-pyrrole nitrogens is 1. The average molecular weight is 404 g/mol. The van der Waals surface area contributed by atoms with Crippen LogP contribution < -0.4 is 0 Å². The first-order valence-corrected chi connectivity index (χ1v) is 9.88. The molecule has 1 aromatic carbocycles. The first-order chi connectivity index (χ1) is 14.5. The molecule has 3 heterocycles. The molecule has 4 rings (SSSR count). The normalized spacial score (nSPS) is 18.6. The molecule has 0 bridgehead atoms. The summed E-state index contributed by atoms with van der Waals surface area (Å²) in [6.45, 7) is 1.19. The molecule has 7 heteroatoms. The Morgan fingerprint density at radius 2 is 2.00 bits per heavy atom. The Bertz CT molecular complexity index is 1120. The SMILES string of the molecule is CN(C)CCCN1C(=O)C(=O)C(=C(O)c2c[nH]c3ccccc23)[C@H]1c1cccnc1. The van der Waals surface area contributed by atoms with Crippen molar-refractivity contribution in [1.29, 1.82) is 0 Å². The lowest BCUT2D eigenvalue weighted by molar-refractivity contribution is -0.139. The van der Waals surface area contributed by atoms with Gasteiger partial charge in [-0.3, -0.25) is 14.6 Å². The second-order valence-electron chi connectivity index (χ2n) is 7.68. The maximum atomic E-state index is 13.0. The highest BCUT2D eigenvalue weighted by atomic mass is 16.3. The molecule has 0 saturated carbocycles. The number of rotatable bonds is 6. The number of amides is 1.